The van der Waals surface area contributed by atoms with Gasteiger partial charge in [-0.3, -0.25) is 9.36 Å². The molecule has 1 amide bonds. The molecular weight excluding hydrogens is 300 g/mol. The van der Waals surface area contributed by atoms with E-state index in [1.165, 1.54) is 0 Å². The number of carbonyl (C=O) groups is 1. The predicted octanol–water partition coefficient (Wildman–Crippen LogP) is 2.98. The lowest BCUT2D eigenvalue weighted by Gasteiger charge is -2.09. The minimum absolute atomic E-state index is 0.167. The standard InChI is InChI=1S/C16H17ClN4O/c1-2-12(5-3-9-17)21-14-13(6-4-10-18-14)20-15(21)16(22)19-11-7-8-11/h2-6,10-11H,7-9H2,1H3,(H,19,22). The highest BCUT2D eigenvalue weighted by atomic mass is 35.5. The third-order valence-electron chi connectivity index (χ3n) is 3.46. The lowest BCUT2D eigenvalue weighted by atomic mass is 10.3. The number of nitrogens with zero attached hydrogens (tertiary/aromatic N) is 3. The van der Waals surface area contributed by atoms with Crippen molar-refractivity contribution in [2.75, 3.05) is 5.88 Å². The van der Waals surface area contributed by atoms with Crippen LogP contribution < -0.4 is 5.32 Å². The van der Waals surface area contributed by atoms with Crippen LogP contribution in [-0.4, -0.2) is 32.4 Å². The summed E-state index contributed by atoms with van der Waals surface area (Å²) in [6.07, 6.45) is 9.37. The number of imidazole rings is 1. The number of hydrogen-bond donors (Lipinski definition) is 1. The summed E-state index contributed by atoms with van der Waals surface area (Å²) in [7, 11) is 0. The van der Waals surface area contributed by atoms with Crippen LogP contribution in [0.4, 0.5) is 0 Å². The van der Waals surface area contributed by atoms with Crippen LogP contribution in [0.5, 0.6) is 0 Å². The first-order valence-electron chi connectivity index (χ1n) is 7.28. The average molecular weight is 317 g/mol. The van der Waals surface area contributed by atoms with Crippen LogP contribution in [0.25, 0.3) is 16.9 Å². The van der Waals surface area contributed by atoms with Crippen LogP contribution in [0.1, 0.15) is 30.4 Å². The Kier molecular flexibility index (Phi) is 4.24. The van der Waals surface area contributed by atoms with Crippen molar-refractivity contribution in [3.05, 3.63) is 42.4 Å². The number of aromatic nitrogens is 3. The van der Waals surface area contributed by atoms with Gasteiger partial charge in [0, 0.05) is 23.8 Å². The van der Waals surface area contributed by atoms with Gasteiger partial charge in [-0.1, -0.05) is 12.2 Å². The maximum atomic E-state index is 12.5. The summed E-state index contributed by atoms with van der Waals surface area (Å²) in [6, 6.07) is 3.94. The van der Waals surface area contributed by atoms with Crippen molar-refractivity contribution < 1.29 is 4.79 Å². The first kappa shape index (κ1) is 14.8. The van der Waals surface area contributed by atoms with Gasteiger partial charge in [0.2, 0.25) is 5.82 Å². The maximum Gasteiger partial charge on any atom is 0.287 e. The van der Waals surface area contributed by atoms with Crippen molar-refractivity contribution >= 4 is 34.4 Å². The van der Waals surface area contributed by atoms with Gasteiger partial charge in [-0.25, -0.2) is 9.97 Å². The van der Waals surface area contributed by atoms with Crippen LogP contribution in [0.2, 0.25) is 0 Å². The summed E-state index contributed by atoms with van der Waals surface area (Å²) < 4.78 is 1.77. The Morgan fingerprint density at radius 3 is 3.05 bits per heavy atom. The lowest BCUT2D eigenvalue weighted by molar-refractivity contribution is 0.0939. The van der Waals surface area contributed by atoms with Gasteiger partial charge in [0.25, 0.3) is 5.91 Å². The highest BCUT2D eigenvalue weighted by molar-refractivity contribution is 6.19. The van der Waals surface area contributed by atoms with Crippen LogP contribution in [0.15, 0.2) is 36.6 Å². The average Bonchev–Trinajstić information content (AvgIpc) is 3.26. The Labute approximate surface area is 133 Å². The third kappa shape index (κ3) is 2.90. The molecule has 1 saturated carbocycles. The maximum absolute atomic E-state index is 12.5. The molecule has 5 nitrogen and oxygen atoms in total. The van der Waals surface area contributed by atoms with Gasteiger partial charge < -0.3 is 5.32 Å². The van der Waals surface area contributed by atoms with Gasteiger partial charge in [0.05, 0.1) is 0 Å². The van der Waals surface area contributed by atoms with Gasteiger partial charge in [0.15, 0.2) is 5.65 Å². The SMILES string of the molecule is CC=C(C=CCCl)n1c(C(=O)NC2CC2)nc2cccnc21. The molecule has 6 heteroatoms. The quantitative estimate of drug-likeness (QED) is 0.681. The summed E-state index contributed by atoms with van der Waals surface area (Å²) in [5, 5.41) is 2.98. The molecule has 0 atom stereocenters. The van der Waals surface area contributed by atoms with E-state index in [1.54, 1.807) is 10.8 Å². The summed E-state index contributed by atoms with van der Waals surface area (Å²) in [4.78, 5) is 21.3. The fourth-order valence-electron chi connectivity index (χ4n) is 2.25. The molecule has 3 rings (SSSR count). The summed E-state index contributed by atoms with van der Waals surface area (Å²) >= 11 is 5.73. The van der Waals surface area contributed by atoms with E-state index < -0.39 is 0 Å². The molecular formula is C16H17ClN4O. The minimum Gasteiger partial charge on any atom is -0.347 e. The molecule has 0 radical (unpaired) electrons. The number of allylic oxidation sites excluding steroid dienone is 4. The largest absolute Gasteiger partial charge is 0.347 e. The van der Waals surface area contributed by atoms with Crippen LogP contribution in [0.3, 0.4) is 0 Å². The number of fused-ring (bicyclic) bond motifs is 1. The van der Waals surface area contributed by atoms with Gasteiger partial charge in [0.1, 0.15) is 5.52 Å². The van der Waals surface area contributed by atoms with Gasteiger partial charge >= 0.3 is 0 Å². The molecule has 0 spiro atoms. The number of pyridine rings is 1. The van der Waals surface area contributed by atoms with E-state index in [2.05, 4.69) is 15.3 Å². The van der Waals surface area contributed by atoms with E-state index >= 15 is 0 Å². The smallest absolute Gasteiger partial charge is 0.287 e. The Hall–Kier alpha value is -2.14. The molecule has 2 aromatic heterocycles. The van der Waals surface area contributed by atoms with Crippen molar-refractivity contribution in [3.63, 3.8) is 0 Å². The second-order valence-electron chi connectivity index (χ2n) is 5.13. The summed E-state index contributed by atoms with van der Waals surface area (Å²) in [5.74, 6) is 0.591. The first-order chi connectivity index (χ1) is 10.7. The Morgan fingerprint density at radius 1 is 1.55 bits per heavy atom. The molecule has 0 saturated heterocycles. The van der Waals surface area contributed by atoms with E-state index in [-0.39, 0.29) is 11.9 Å². The van der Waals surface area contributed by atoms with Crippen molar-refractivity contribution in [3.8, 4) is 0 Å². The van der Waals surface area contributed by atoms with E-state index in [0.29, 0.717) is 22.9 Å². The summed E-state index contributed by atoms with van der Waals surface area (Å²) in [6.45, 7) is 1.91. The molecule has 2 heterocycles. The number of carbonyl (C=O) groups excluding carboxylic acids is 1. The van der Waals surface area contributed by atoms with E-state index in [9.17, 15) is 4.79 Å². The van der Waals surface area contributed by atoms with Crippen molar-refractivity contribution in [2.45, 2.75) is 25.8 Å². The Morgan fingerprint density at radius 2 is 2.36 bits per heavy atom. The molecule has 0 unspecified atom stereocenters. The monoisotopic (exact) mass is 316 g/mol. The number of amides is 1. The normalized spacial score (nSPS) is 15.6. The zero-order valence-electron chi connectivity index (χ0n) is 12.3. The number of hydrogen-bond acceptors (Lipinski definition) is 3. The van der Waals surface area contributed by atoms with Gasteiger partial charge in [-0.15, -0.1) is 11.6 Å². The molecule has 2 aromatic rings. The molecule has 22 heavy (non-hydrogen) atoms. The van der Waals surface area contributed by atoms with Gasteiger partial charge in [-0.2, -0.15) is 0 Å². The molecule has 1 fully saturated rings. The molecule has 0 aliphatic heterocycles. The van der Waals surface area contributed by atoms with Crippen LogP contribution >= 0.6 is 11.6 Å². The van der Waals surface area contributed by atoms with Crippen molar-refractivity contribution in [1.82, 2.24) is 19.9 Å². The van der Waals surface area contributed by atoms with Crippen LogP contribution in [0, 0.1) is 0 Å². The Bertz CT molecular complexity index is 759. The van der Waals surface area contributed by atoms with Crippen molar-refractivity contribution in [2.24, 2.45) is 0 Å². The highest BCUT2D eigenvalue weighted by Gasteiger charge is 2.27. The molecule has 114 valence electrons. The zero-order valence-corrected chi connectivity index (χ0v) is 13.0. The van der Waals surface area contributed by atoms with E-state index in [4.69, 9.17) is 11.6 Å². The second-order valence-corrected chi connectivity index (χ2v) is 5.44. The number of halogens is 1. The molecule has 0 aromatic carbocycles. The molecule has 1 aliphatic rings. The highest BCUT2D eigenvalue weighted by Crippen LogP contribution is 2.23. The predicted molar refractivity (Wildman–Crippen MR) is 87.8 cm³/mol. The minimum atomic E-state index is -0.167. The lowest BCUT2D eigenvalue weighted by Crippen LogP contribution is -2.28. The molecule has 1 N–H and O–H groups in total. The first-order valence-corrected chi connectivity index (χ1v) is 7.81. The number of nitrogens with one attached hydrogen (secondary N) is 1. The number of alkyl halides is 1. The zero-order chi connectivity index (χ0) is 15.5. The van der Waals surface area contributed by atoms with Crippen molar-refractivity contribution in [1.29, 1.82) is 0 Å². The van der Waals surface area contributed by atoms with Crippen LogP contribution in [-0.2, 0) is 0 Å². The van der Waals surface area contributed by atoms with E-state index in [1.807, 2.05) is 37.3 Å². The number of rotatable bonds is 5. The van der Waals surface area contributed by atoms with E-state index in [0.717, 1.165) is 18.5 Å². The second kappa shape index (κ2) is 6.32. The third-order valence-corrected chi connectivity index (χ3v) is 3.64. The summed E-state index contributed by atoms with van der Waals surface area (Å²) in [5.41, 5.74) is 2.18. The molecule has 1 aliphatic carbocycles. The Balaban J connectivity index is 2.11. The van der Waals surface area contributed by atoms with Gasteiger partial charge in [-0.05, 0) is 38.0 Å². The molecule has 0 bridgehead atoms. The fourth-order valence-corrected chi connectivity index (χ4v) is 2.34. The topological polar surface area (TPSA) is 59.8 Å². The fraction of sp³-hybridized carbons (Fsp3) is 0.312.